The highest BCUT2D eigenvalue weighted by molar-refractivity contribution is 9.09. The number of aliphatic hydroxyl groups excluding tert-OH is 1. The van der Waals surface area contributed by atoms with Crippen molar-refractivity contribution in [2.75, 3.05) is 11.9 Å². The van der Waals surface area contributed by atoms with Crippen LogP contribution in [0.1, 0.15) is 27.6 Å². The van der Waals surface area contributed by atoms with Gasteiger partial charge in [0.25, 0.3) is 0 Å². The summed E-state index contributed by atoms with van der Waals surface area (Å²) in [6.45, 7) is 1.61. The zero-order chi connectivity index (χ0) is 9.84. The number of aliphatic hydroxyl groups is 1. The molecule has 4 atom stereocenters. The molecule has 1 aliphatic rings. The molecule has 0 bridgehead atoms. The third-order valence-corrected chi connectivity index (χ3v) is 2.86. The molecule has 72 valence electrons. The van der Waals surface area contributed by atoms with Gasteiger partial charge in [0, 0.05) is 11.9 Å². The molecule has 0 aliphatic carbocycles. The maximum Gasteiger partial charge on any atom is 0.0860 e. The van der Waals surface area contributed by atoms with E-state index >= 15 is 0 Å². The van der Waals surface area contributed by atoms with E-state index in [9.17, 15) is 5.11 Å². The number of hydrogen-bond donors (Lipinski definition) is 1. The molecule has 1 N–H and O–H groups in total. The number of halogens is 1. The molecule has 0 saturated carbocycles. The molecule has 0 radical (unpaired) electrons. The highest BCUT2D eigenvalue weighted by atomic mass is 79.9. The lowest BCUT2D eigenvalue weighted by Gasteiger charge is -2.20. The number of ether oxygens (including phenoxy) is 1. The Labute approximate surface area is 83.8 Å². The van der Waals surface area contributed by atoms with Gasteiger partial charge < -0.3 is 9.84 Å². The molecule has 3 heteroatoms. The van der Waals surface area contributed by atoms with E-state index in [1.165, 1.54) is 0 Å². The summed E-state index contributed by atoms with van der Waals surface area (Å²) in [6.07, 6.45) is 1.93. The molecule has 0 aromatic rings. The summed E-state index contributed by atoms with van der Waals surface area (Å²) in [5, 5.41) is 10.7. The average molecular weight is 239 g/mol. The van der Waals surface area contributed by atoms with Crippen LogP contribution in [-0.2, 0) is 4.74 Å². The first kappa shape index (κ1) is 8.97. The highest BCUT2D eigenvalue weighted by Crippen LogP contribution is 2.24. The Kier molecular flexibility index (Phi) is 3.89. The molecular weight excluding hydrogens is 220 g/mol. The summed E-state index contributed by atoms with van der Waals surface area (Å²) < 4.78 is 12.8. The second-order valence-electron chi connectivity index (χ2n) is 3.38. The van der Waals surface area contributed by atoms with Crippen molar-refractivity contribution in [2.45, 2.75) is 38.4 Å². The molecule has 1 heterocycles. The quantitative estimate of drug-likeness (QED) is 0.760. The Hall–Kier alpha value is 0.400. The largest absolute Gasteiger partial charge is 0.390 e. The lowest BCUT2D eigenvalue weighted by Crippen LogP contribution is -2.29. The van der Waals surface area contributed by atoms with Gasteiger partial charge in [-0.1, -0.05) is 22.9 Å². The smallest absolute Gasteiger partial charge is 0.0860 e. The molecule has 1 fully saturated rings. The zero-order valence-electron chi connectivity index (χ0n) is 8.37. The van der Waals surface area contributed by atoms with E-state index in [0.29, 0.717) is 5.92 Å². The normalized spacial score (nSPS) is 39.6. The third-order valence-electron chi connectivity index (χ3n) is 2.29. The van der Waals surface area contributed by atoms with Crippen molar-refractivity contribution in [3.05, 3.63) is 0 Å². The van der Waals surface area contributed by atoms with Crippen LogP contribution in [0.15, 0.2) is 0 Å². The standard InChI is InChI=1S/C9H17BrO2/c1-7-4-6-12-9(7)8(11)3-2-5-10/h7-9,11H,2-6H2,1H3/t7-,8+,9-/m0/s1/i6T/t6-,7+,8-,9+/m1. The van der Waals surface area contributed by atoms with Crippen molar-refractivity contribution in [1.29, 1.82) is 0 Å². The predicted octanol–water partition coefficient (Wildman–Crippen LogP) is 1.95. The first-order chi connectivity index (χ1) is 6.15. The van der Waals surface area contributed by atoms with Gasteiger partial charge in [-0.05, 0) is 25.2 Å². The fourth-order valence-electron chi connectivity index (χ4n) is 1.51. The van der Waals surface area contributed by atoms with Gasteiger partial charge in [0.2, 0.25) is 0 Å². The van der Waals surface area contributed by atoms with Crippen LogP contribution in [0.3, 0.4) is 0 Å². The second kappa shape index (κ2) is 5.20. The van der Waals surface area contributed by atoms with Crippen molar-refractivity contribution in [2.24, 2.45) is 5.92 Å². The van der Waals surface area contributed by atoms with Crippen molar-refractivity contribution in [1.82, 2.24) is 0 Å². The molecule has 0 spiro atoms. The van der Waals surface area contributed by atoms with E-state index in [-0.39, 0.29) is 6.10 Å². The summed E-state index contributed by atoms with van der Waals surface area (Å²) in [7, 11) is 0. The minimum atomic E-state index is -0.432. The van der Waals surface area contributed by atoms with Gasteiger partial charge in [0.1, 0.15) is 0 Å². The van der Waals surface area contributed by atoms with Crippen LogP contribution in [0.2, 0.25) is 0 Å². The van der Waals surface area contributed by atoms with Crippen LogP contribution in [0.25, 0.3) is 0 Å². The summed E-state index contributed by atoms with van der Waals surface area (Å²) >= 11 is 3.32. The molecule has 0 aromatic carbocycles. The van der Waals surface area contributed by atoms with Crippen LogP contribution in [0, 0.1) is 5.92 Å². The van der Waals surface area contributed by atoms with Gasteiger partial charge in [-0.2, -0.15) is 0 Å². The number of alkyl halides is 1. The number of rotatable bonds is 4. The molecule has 12 heavy (non-hydrogen) atoms. The Morgan fingerprint density at radius 3 is 3.08 bits per heavy atom. The Morgan fingerprint density at radius 1 is 1.83 bits per heavy atom. The van der Waals surface area contributed by atoms with E-state index in [2.05, 4.69) is 15.9 Å². The van der Waals surface area contributed by atoms with E-state index in [1.807, 2.05) is 6.92 Å². The number of hydrogen-bond acceptors (Lipinski definition) is 2. The summed E-state index contributed by atoms with van der Waals surface area (Å²) in [4.78, 5) is 0. The van der Waals surface area contributed by atoms with E-state index in [0.717, 1.165) is 24.6 Å². The predicted molar refractivity (Wildman–Crippen MR) is 52.6 cm³/mol. The molecule has 0 aromatic heterocycles. The SMILES string of the molecule is [3H][C@@H]1C[C@H](C)[C@@H]([C@H](O)CCCBr)O1. The minimum absolute atomic E-state index is 0.124. The monoisotopic (exact) mass is 238 g/mol. The molecule has 1 aliphatic heterocycles. The summed E-state index contributed by atoms with van der Waals surface area (Å²) in [6, 6.07) is 0. The van der Waals surface area contributed by atoms with Gasteiger partial charge in [0.05, 0.1) is 13.6 Å². The molecule has 1 rings (SSSR count). The molecule has 2 nitrogen and oxygen atoms in total. The van der Waals surface area contributed by atoms with E-state index < -0.39 is 12.7 Å². The third kappa shape index (κ3) is 2.71. The van der Waals surface area contributed by atoms with Crippen molar-refractivity contribution < 1.29 is 11.2 Å². The van der Waals surface area contributed by atoms with Gasteiger partial charge >= 0.3 is 0 Å². The molecule has 0 unspecified atom stereocenters. The lowest BCUT2D eigenvalue weighted by molar-refractivity contribution is -0.0200. The summed E-state index contributed by atoms with van der Waals surface area (Å²) in [5.74, 6) is 0.313. The topological polar surface area (TPSA) is 29.5 Å². The molecular formula is C9H17BrO2. The molecule has 1 saturated heterocycles. The first-order valence-corrected chi connectivity index (χ1v) is 5.59. The van der Waals surface area contributed by atoms with Gasteiger partial charge in [-0.3, -0.25) is 0 Å². The second-order valence-corrected chi connectivity index (χ2v) is 4.17. The van der Waals surface area contributed by atoms with E-state index in [4.69, 9.17) is 6.11 Å². The van der Waals surface area contributed by atoms with Crippen LogP contribution >= 0.6 is 15.9 Å². The Morgan fingerprint density at radius 2 is 2.58 bits per heavy atom. The average Bonchev–Trinajstić information content (AvgIpc) is 2.41. The Bertz CT molecular complexity index is 157. The van der Waals surface area contributed by atoms with Crippen LogP contribution in [0.4, 0.5) is 0 Å². The van der Waals surface area contributed by atoms with Crippen molar-refractivity contribution in [3.63, 3.8) is 0 Å². The van der Waals surface area contributed by atoms with Crippen LogP contribution < -0.4 is 0 Å². The fourth-order valence-corrected chi connectivity index (χ4v) is 1.83. The lowest BCUT2D eigenvalue weighted by atomic mass is 9.97. The van der Waals surface area contributed by atoms with Crippen molar-refractivity contribution in [3.8, 4) is 0 Å². The van der Waals surface area contributed by atoms with Gasteiger partial charge in [-0.15, -0.1) is 0 Å². The maximum atomic E-state index is 9.74. The highest BCUT2D eigenvalue weighted by Gasteiger charge is 2.30. The first-order valence-electron chi connectivity index (χ1n) is 5.04. The Balaban J connectivity index is 2.33. The van der Waals surface area contributed by atoms with Gasteiger partial charge in [-0.25, -0.2) is 0 Å². The van der Waals surface area contributed by atoms with Gasteiger partial charge in [0.15, 0.2) is 0 Å². The van der Waals surface area contributed by atoms with Crippen LogP contribution in [0.5, 0.6) is 0 Å². The maximum absolute atomic E-state index is 9.74. The van der Waals surface area contributed by atoms with Crippen molar-refractivity contribution >= 4 is 15.9 Å². The summed E-state index contributed by atoms with van der Waals surface area (Å²) in [5.41, 5.74) is 0. The fraction of sp³-hybridized carbons (Fsp3) is 1.00. The van der Waals surface area contributed by atoms with Crippen LogP contribution in [-0.4, -0.2) is 29.2 Å². The molecule has 0 amide bonds. The van der Waals surface area contributed by atoms with E-state index in [1.54, 1.807) is 0 Å². The minimum Gasteiger partial charge on any atom is -0.390 e. The zero-order valence-corrected chi connectivity index (χ0v) is 8.96.